The molecule has 2 fully saturated rings. The van der Waals surface area contributed by atoms with Crippen molar-refractivity contribution in [3.05, 3.63) is 40.3 Å². The van der Waals surface area contributed by atoms with Crippen molar-refractivity contribution in [2.75, 3.05) is 19.6 Å². The largest absolute Gasteiger partial charge is 0.341 e. The Morgan fingerprint density at radius 3 is 2.48 bits per heavy atom. The highest BCUT2D eigenvalue weighted by atomic mass is 35.5. The van der Waals surface area contributed by atoms with Gasteiger partial charge in [-0.15, -0.1) is 0 Å². The molecule has 1 aromatic carbocycles. The molecule has 2 atom stereocenters. The maximum absolute atomic E-state index is 12.7. The molecule has 3 rings (SSSR count). The van der Waals surface area contributed by atoms with E-state index >= 15 is 0 Å². The minimum Gasteiger partial charge on any atom is -0.341 e. The summed E-state index contributed by atoms with van der Waals surface area (Å²) in [6.45, 7) is 3.51. The Morgan fingerprint density at radius 2 is 1.83 bits per heavy atom. The lowest BCUT2D eigenvalue weighted by atomic mass is 10.1. The normalized spacial score (nSPS) is 21.7. The van der Waals surface area contributed by atoms with Gasteiger partial charge in [-0.25, -0.2) is 8.42 Å². The molecular formula is C20H26ClN3O4S. The molecule has 0 aromatic heterocycles. The van der Waals surface area contributed by atoms with E-state index in [0.29, 0.717) is 23.6 Å². The van der Waals surface area contributed by atoms with Crippen LogP contribution in [0.3, 0.4) is 0 Å². The van der Waals surface area contributed by atoms with Crippen LogP contribution in [0.4, 0.5) is 0 Å². The molecule has 2 amide bonds. The van der Waals surface area contributed by atoms with Gasteiger partial charge in [-0.05, 0) is 56.4 Å². The number of amides is 2. The average Bonchev–Trinajstić information content (AvgIpc) is 3.06. The van der Waals surface area contributed by atoms with Crippen molar-refractivity contribution < 1.29 is 18.0 Å². The summed E-state index contributed by atoms with van der Waals surface area (Å²) in [6.07, 6.45) is 4.86. The van der Waals surface area contributed by atoms with Crippen LogP contribution in [0, 0.1) is 0 Å². The van der Waals surface area contributed by atoms with Gasteiger partial charge in [-0.1, -0.05) is 23.7 Å². The molecule has 7 nitrogen and oxygen atoms in total. The fraction of sp³-hybridized carbons (Fsp3) is 0.500. The minimum absolute atomic E-state index is 0.0656. The van der Waals surface area contributed by atoms with Crippen molar-refractivity contribution in [1.82, 2.24) is 14.5 Å². The maximum Gasteiger partial charge on any atom is 0.245 e. The number of piperidine rings is 1. The van der Waals surface area contributed by atoms with Gasteiger partial charge in [0.1, 0.15) is 12.1 Å². The molecule has 0 bridgehead atoms. The third-order valence-electron chi connectivity index (χ3n) is 5.35. The molecule has 0 spiro atoms. The number of carbonyl (C=O) groups is 2. The van der Waals surface area contributed by atoms with Crippen LogP contribution in [0.15, 0.2) is 29.7 Å². The number of carbonyl (C=O) groups excluding carboxylic acids is 2. The summed E-state index contributed by atoms with van der Waals surface area (Å²) >= 11 is 5.82. The number of halogens is 1. The summed E-state index contributed by atoms with van der Waals surface area (Å²) in [7, 11) is -3.80. The van der Waals surface area contributed by atoms with E-state index in [4.69, 9.17) is 11.6 Å². The molecular weight excluding hydrogens is 414 g/mol. The summed E-state index contributed by atoms with van der Waals surface area (Å²) in [6, 6.07) is 5.29. The molecule has 9 heteroatoms. The molecule has 0 radical (unpaired) electrons. The van der Waals surface area contributed by atoms with E-state index in [2.05, 4.69) is 4.72 Å². The summed E-state index contributed by atoms with van der Waals surface area (Å²) in [5.41, 5.74) is 0.680. The van der Waals surface area contributed by atoms with Crippen LogP contribution in [0.5, 0.6) is 0 Å². The first kappa shape index (κ1) is 21.8. The van der Waals surface area contributed by atoms with Crippen LogP contribution in [-0.4, -0.2) is 61.7 Å². The first-order valence-electron chi connectivity index (χ1n) is 9.82. The van der Waals surface area contributed by atoms with Gasteiger partial charge in [0.05, 0.1) is 0 Å². The highest BCUT2D eigenvalue weighted by Crippen LogP contribution is 2.19. The van der Waals surface area contributed by atoms with E-state index in [-0.39, 0.29) is 11.8 Å². The Hall–Kier alpha value is -1.90. The zero-order chi connectivity index (χ0) is 21.0. The Morgan fingerprint density at radius 1 is 1.17 bits per heavy atom. The third kappa shape index (κ3) is 5.58. The van der Waals surface area contributed by atoms with Crippen LogP contribution < -0.4 is 4.72 Å². The molecule has 1 N–H and O–H groups in total. The number of hydrogen-bond acceptors (Lipinski definition) is 4. The Bertz CT molecular complexity index is 879. The number of nitrogens with zero attached hydrogens (tertiary/aromatic N) is 2. The summed E-state index contributed by atoms with van der Waals surface area (Å²) < 4.78 is 27.2. The van der Waals surface area contributed by atoms with Gasteiger partial charge in [-0.3, -0.25) is 9.59 Å². The zero-order valence-electron chi connectivity index (χ0n) is 16.4. The second-order valence-electron chi connectivity index (χ2n) is 7.45. The van der Waals surface area contributed by atoms with Crippen LogP contribution in [0.25, 0.3) is 6.08 Å². The van der Waals surface area contributed by atoms with E-state index in [0.717, 1.165) is 37.8 Å². The molecule has 0 aliphatic carbocycles. The number of sulfonamides is 1. The van der Waals surface area contributed by atoms with Gasteiger partial charge in [0.2, 0.25) is 21.8 Å². The van der Waals surface area contributed by atoms with Crippen molar-refractivity contribution in [3.8, 4) is 0 Å². The average molecular weight is 440 g/mol. The topological polar surface area (TPSA) is 86.8 Å². The summed E-state index contributed by atoms with van der Waals surface area (Å²) in [5.74, 6) is -0.421. The maximum atomic E-state index is 12.7. The summed E-state index contributed by atoms with van der Waals surface area (Å²) in [5, 5.41) is 1.60. The Labute approximate surface area is 176 Å². The lowest BCUT2D eigenvalue weighted by molar-refractivity contribution is -0.143. The molecule has 29 heavy (non-hydrogen) atoms. The van der Waals surface area contributed by atoms with E-state index in [1.807, 2.05) is 0 Å². The van der Waals surface area contributed by atoms with Gasteiger partial charge in [0.15, 0.2) is 0 Å². The smallest absolute Gasteiger partial charge is 0.245 e. The predicted molar refractivity (Wildman–Crippen MR) is 113 cm³/mol. The van der Waals surface area contributed by atoms with Crippen LogP contribution >= 0.6 is 11.6 Å². The Balaban J connectivity index is 1.60. The van der Waals surface area contributed by atoms with E-state index in [9.17, 15) is 18.0 Å². The van der Waals surface area contributed by atoms with E-state index < -0.39 is 22.1 Å². The first-order chi connectivity index (χ1) is 13.8. The standard InChI is InChI=1S/C20H26ClN3O4S/c1-15(19(25)23-11-3-2-4-12-23)24-13-9-18(20(24)26)22-29(27,28)14-10-16-5-7-17(21)8-6-16/h5-8,10,14-15,18,22H,2-4,9,11-13H2,1H3/t15-,18+/m1/s1. The molecule has 1 aromatic rings. The SMILES string of the molecule is C[C@H](C(=O)N1CCCCC1)N1CC[C@H](NS(=O)(=O)C=Cc2ccc(Cl)cc2)C1=O. The minimum atomic E-state index is -3.80. The van der Waals surface area contributed by atoms with Gasteiger partial charge in [0.25, 0.3) is 0 Å². The van der Waals surface area contributed by atoms with Crippen LogP contribution in [-0.2, 0) is 19.6 Å². The quantitative estimate of drug-likeness (QED) is 0.736. The van der Waals surface area contributed by atoms with Crippen LogP contribution in [0.2, 0.25) is 5.02 Å². The van der Waals surface area contributed by atoms with Gasteiger partial charge in [0, 0.05) is 30.1 Å². The molecule has 0 saturated carbocycles. The number of likely N-dealkylation sites (tertiary alicyclic amines) is 2. The van der Waals surface area contributed by atoms with Crippen molar-refractivity contribution in [2.45, 2.75) is 44.7 Å². The van der Waals surface area contributed by atoms with Crippen LogP contribution in [0.1, 0.15) is 38.2 Å². The lowest BCUT2D eigenvalue weighted by Crippen LogP contribution is -2.51. The molecule has 2 aliphatic rings. The summed E-state index contributed by atoms with van der Waals surface area (Å²) in [4.78, 5) is 28.7. The van der Waals surface area contributed by atoms with E-state index in [1.165, 1.54) is 11.0 Å². The lowest BCUT2D eigenvalue weighted by Gasteiger charge is -2.32. The van der Waals surface area contributed by atoms with Crippen molar-refractivity contribution in [1.29, 1.82) is 0 Å². The molecule has 158 valence electrons. The fourth-order valence-electron chi connectivity index (χ4n) is 3.69. The van der Waals surface area contributed by atoms with Crippen molar-refractivity contribution in [2.24, 2.45) is 0 Å². The zero-order valence-corrected chi connectivity index (χ0v) is 18.0. The molecule has 0 unspecified atom stereocenters. The monoisotopic (exact) mass is 439 g/mol. The number of hydrogen-bond donors (Lipinski definition) is 1. The molecule has 2 aliphatic heterocycles. The van der Waals surface area contributed by atoms with Crippen molar-refractivity contribution in [3.63, 3.8) is 0 Å². The number of benzene rings is 1. The highest BCUT2D eigenvalue weighted by molar-refractivity contribution is 7.92. The Kier molecular flexibility index (Phi) is 6.97. The second-order valence-corrected chi connectivity index (χ2v) is 9.49. The highest BCUT2D eigenvalue weighted by Gasteiger charge is 2.39. The third-order valence-corrected chi connectivity index (χ3v) is 6.71. The number of nitrogens with one attached hydrogen (secondary N) is 1. The van der Waals surface area contributed by atoms with Crippen molar-refractivity contribution >= 4 is 39.5 Å². The van der Waals surface area contributed by atoms with Gasteiger partial charge < -0.3 is 9.80 Å². The second kappa shape index (κ2) is 9.28. The molecule has 2 heterocycles. The van der Waals surface area contributed by atoms with Gasteiger partial charge in [-0.2, -0.15) is 4.72 Å². The fourth-order valence-corrected chi connectivity index (χ4v) is 4.84. The molecule has 2 saturated heterocycles. The first-order valence-corrected chi connectivity index (χ1v) is 11.7. The van der Waals surface area contributed by atoms with E-state index in [1.54, 1.807) is 36.1 Å². The predicted octanol–water partition coefficient (Wildman–Crippen LogP) is 2.23. The van der Waals surface area contributed by atoms with Gasteiger partial charge >= 0.3 is 0 Å². The number of rotatable bonds is 6.